The van der Waals surface area contributed by atoms with E-state index in [1.165, 1.54) is 17.7 Å². The molecule has 4 rings (SSSR count). The van der Waals surface area contributed by atoms with Gasteiger partial charge in [-0.3, -0.25) is 9.98 Å². The average Bonchev–Trinajstić information content (AvgIpc) is 3.02. The molecule has 22 heavy (non-hydrogen) atoms. The maximum atomic E-state index is 13.5. The van der Waals surface area contributed by atoms with Gasteiger partial charge in [-0.2, -0.15) is 0 Å². The van der Waals surface area contributed by atoms with E-state index in [4.69, 9.17) is 0 Å². The zero-order chi connectivity index (χ0) is 14.9. The van der Waals surface area contributed by atoms with Crippen LogP contribution < -0.4 is 0 Å². The number of benzene rings is 2. The lowest BCUT2D eigenvalue weighted by Gasteiger charge is -2.10. The fraction of sp³-hybridized carbons (Fsp3) is 0.0526. The van der Waals surface area contributed by atoms with Crippen molar-refractivity contribution in [2.24, 2.45) is 4.99 Å². The molecule has 106 valence electrons. The lowest BCUT2D eigenvalue weighted by molar-refractivity contribution is 0.628. The van der Waals surface area contributed by atoms with Crippen molar-refractivity contribution in [1.29, 1.82) is 0 Å². The van der Waals surface area contributed by atoms with E-state index in [9.17, 15) is 4.39 Å². The van der Waals surface area contributed by atoms with Gasteiger partial charge in [-0.15, -0.1) is 0 Å². The van der Waals surface area contributed by atoms with Crippen LogP contribution in [0.3, 0.4) is 0 Å². The lowest BCUT2D eigenvalue weighted by Crippen LogP contribution is -1.91. The summed E-state index contributed by atoms with van der Waals surface area (Å²) < 4.78 is 13.5. The second kappa shape index (κ2) is 5.19. The Kier molecular flexibility index (Phi) is 3.04. The number of halogens is 1. The Morgan fingerprint density at radius 3 is 2.77 bits per heavy atom. The molecule has 1 aliphatic rings. The highest BCUT2D eigenvalue weighted by Crippen LogP contribution is 2.32. The number of aromatic nitrogens is 1. The molecule has 3 aromatic rings. The van der Waals surface area contributed by atoms with E-state index in [1.54, 1.807) is 12.3 Å². The van der Waals surface area contributed by atoms with Gasteiger partial charge >= 0.3 is 0 Å². The van der Waals surface area contributed by atoms with Gasteiger partial charge in [0.1, 0.15) is 5.82 Å². The third-order valence-corrected chi connectivity index (χ3v) is 3.85. The minimum Gasteiger partial charge on any atom is -0.288 e. The number of pyridine rings is 1. The van der Waals surface area contributed by atoms with Crippen LogP contribution in [0.5, 0.6) is 0 Å². The zero-order valence-electron chi connectivity index (χ0n) is 11.8. The van der Waals surface area contributed by atoms with E-state index in [-0.39, 0.29) is 5.82 Å². The van der Waals surface area contributed by atoms with Gasteiger partial charge in [-0.1, -0.05) is 30.3 Å². The Bertz CT molecular complexity index is 884. The van der Waals surface area contributed by atoms with Crippen molar-refractivity contribution in [2.75, 3.05) is 0 Å². The summed E-state index contributed by atoms with van der Waals surface area (Å²) in [6, 6.07) is 16.8. The van der Waals surface area contributed by atoms with Crippen LogP contribution in [0.15, 0.2) is 65.8 Å². The molecule has 1 aliphatic heterocycles. The summed E-state index contributed by atoms with van der Waals surface area (Å²) in [6.45, 7) is 0.749. The zero-order valence-corrected chi connectivity index (χ0v) is 11.8. The first kappa shape index (κ1) is 12.9. The van der Waals surface area contributed by atoms with Gasteiger partial charge in [0, 0.05) is 23.5 Å². The molecule has 0 N–H and O–H groups in total. The highest BCUT2D eigenvalue weighted by molar-refractivity contribution is 5.89. The molecule has 0 saturated heterocycles. The molecular formula is C19H13FN2. The fourth-order valence-corrected chi connectivity index (χ4v) is 2.77. The van der Waals surface area contributed by atoms with Crippen LogP contribution in [-0.2, 0) is 6.54 Å². The third kappa shape index (κ3) is 2.21. The molecule has 1 aromatic heterocycles. The molecule has 0 aliphatic carbocycles. The van der Waals surface area contributed by atoms with Crippen molar-refractivity contribution in [3.05, 3.63) is 77.7 Å². The van der Waals surface area contributed by atoms with Crippen LogP contribution >= 0.6 is 0 Å². The Labute approximate surface area is 128 Å². The first-order valence-electron chi connectivity index (χ1n) is 7.15. The number of aliphatic imine (C=N–C) groups is 1. The summed E-state index contributed by atoms with van der Waals surface area (Å²) in [5, 5.41) is 0. The molecule has 0 saturated carbocycles. The molecule has 2 nitrogen and oxygen atoms in total. The third-order valence-electron chi connectivity index (χ3n) is 3.85. The van der Waals surface area contributed by atoms with E-state index < -0.39 is 0 Å². The van der Waals surface area contributed by atoms with Crippen molar-refractivity contribution in [1.82, 2.24) is 4.98 Å². The van der Waals surface area contributed by atoms with Gasteiger partial charge in [-0.05, 0) is 41.0 Å². The maximum Gasteiger partial charge on any atom is 0.123 e. The minimum absolute atomic E-state index is 0.254. The molecule has 0 bridgehead atoms. The summed E-state index contributed by atoms with van der Waals surface area (Å²) in [5.74, 6) is -0.254. The average molecular weight is 288 g/mol. The molecule has 0 amide bonds. The van der Waals surface area contributed by atoms with Crippen LogP contribution in [-0.4, -0.2) is 11.2 Å². The predicted octanol–water partition coefficient (Wildman–Crippen LogP) is 4.49. The molecule has 0 radical (unpaired) electrons. The maximum absolute atomic E-state index is 13.5. The fourth-order valence-electron chi connectivity index (χ4n) is 2.77. The Morgan fingerprint density at radius 1 is 0.909 bits per heavy atom. The van der Waals surface area contributed by atoms with Gasteiger partial charge in [0.05, 0.1) is 12.2 Å². The topological polar surface area (TPSA) is 25.2 Å². The molecule has 2 aromatic carbocycles. The Morgan fingerprint density at radius 2 is 1.86 bits per heavy atom. The number of fused-ring (bicyclic) bond motifs is 1. The number of hydrogen-bond acceptors (Lipinski definition) is 2. The van der Waals surface area contributed by atoms with E-state index in [2.05, 4.69) is 28.2 Å². The molecule has 3 heteroatoms. The van der Waals surface area contributed by atoms with Gasteiger partial charge < -0.3 is 0 Å². The first-order chi connectivity index (χ1) is 10.8. The highest BCUT2D eigenvalue weighted by Gasteiger charge is 2.12. The summed E-state index contributed by atoms with van der Waals surface area (Å²) in [5.41, 5.74) is 6.02. The minimum atomic E-state index is -0.254. The van der Waals surface area contributed by atoms with Crippen LogP contribution in [0.25, 0.3) is 22.4 Å². The van der Waals surface area contributed by atoms with Crippen molar-refractivity contribution < 1.29 is 4.39 Å². The standard InChI is InChI=1S/C19H13FN2/c20-17-4-1-3-14(10-17)19-18(5-2-8-22-19)13-6-7-15-11-21-12-16(15)9-13/h1-10,12H,11H2. The van der Waals surface area contributed by atoms with E-state index in [0.717, 1.165) is 34.5 Å². The molecular weight excluding hydrogens is 275 g/mol. The van der Waals surface area contributed by atoms with Crippen molar-refractivity contribution in [2.45, 2.75) is 6.54 Å². The van der Waals surface area contributed by atoms with E-state index >= 15 is 0 Å². The van der Waals surface area contributed by atoms with Gasteiger partial charge in [0.25, 0.3) is 0 Å². The van der Waals surface area contributed by atoms with E-state index in [1.807, 2.05) is 24.4 Å². The summed E-state index contributed by atoms with van der Waals surface area (Å²) in [6.07, 6.45) is 3.63. The number of nitrogens with zero attached hydrogens (tertiary/aromatic N) is 2. The van der Waals surface area contributed by atoms with Gasteiger partial charge in [0.15, 0.2) is 0 Å². The van der Waals surface area contributed by atoms with Crippen molar-refractivity contribution in [3.8, 4) is 22.4 Å². The molecule has 0 unspecified atom stereocenters. The highest BCUT2D eigenvalue weighted by atomic mass is 19.1. The second-order valence-electron chi connectivity index (χ2n) is 5.29. The molecule has 0 fully saturated rings. The predicted molar refractivity (Wildman–Crippen MR) is 86.4 cm³/mol. The van der Waals surface area contributed by atoms with Crippen LogP contribution in [0, 0.1) is 5.82 Å². The quantitative estimate of drug-likeness (QED) is 0.682. The lowest BCUT2D eigenvalue weighted by atomic mass is 9.96. The molecule has 0 spiro atoms. The van der Waals surface area contributed by atoms with Gasteiger partial charge in [-0.25, -0.2) is 4.39 Å². The smallest absolute Gasteiger partial charge is 0.123 e. The number of hydrogen-bond donors (Lipinski definition) is 0. The van der Waals surface area contributed by atoms with Gasteiger partial charge in [0.2, 0.25) is 0 Å². The van der Waals surface area contributed by atoms with Crippen molar-refractivity contribution in [3.63, 3.8) is 0 Å². The van der Waals surface area contributed by atoms with Crippen molar-refractivity contribution >= 4 is 6.21 Å². The Balaban J connectivity index is 1.88. The SMILES string of the molecule is Fc1cccc(-c2ncccc2-c2ccc3c(c2)C=NC3)c1. The molecule has 0 atom stereocenters. The summed E-state index contributed by atoms with van der Waals surface area (Å²) >= 11 is 0. The number of rotatable bonds is 2. The largest absolute Gasteiger partial charge is 0.288 e. The Hall–Kier alpha value is -2.81. The second-order valence-corrected chi connectivity index (χ2v) is 5.29. The van der Waals surface area contributed by atoms with Crippen LogP contribution in [0.2, 0.25) is 0 Å². The first-order valence-corrected chi connectivity index (χ1v) is 7.15. The summed E-state index contributed by atoms with van der Waals surface area (Å²) in [7, 11) is 0. The van der Waals surface area contributed by atoms with Crippen LogP contribution in [0.1, 0.15) is 11.1 Å². The summed E-state index contributed by atoms with van der Waals surface area (Å²) in [4.78, 5) is 8.75. The van der Waals surface area contributed by atoms with Crippen LogP contribution in [0.4, 0.5) is 4.39 Å². The monoisotopic (exact) mass is 288 g/mol. The normalized spacial score (nSPS) is 12.4. The van der Waals surface area contributed by atoms with E-state index in [0.29, 0.717) is 0 Å². The molecule has 2 heterocycles.